The number of hydrogen-bond acceptors (Lipinski definition) is 5. The molecular formula is C16H23ClN4O5. The highest BCUT2D eigenvalue weighted by atomic mass is 35.5. The third-order valence-electron chi connectivity index (χ3n) is 3.05. The molecule has 1 rings (SSSR count). The topological polar surface area (TPSA) is 121 Å². The van der Waals surface area contributed by atoms with Gasteiger partial charge in [-0.2, -0.15) is 0 Å². The number of carboxylic acids is 1. The molecule has 0 spiro atoms. The summed E-state index contributed by atoms with van der Waals surface area (Å²) in [5.41, 5.74) is 1.90. The van der Waals surface area contributed by atoms with E-state index < -0.39 is 29.7 Å². The number of nitrogens with zero attached hydrogens (tertiary/aromatic N) is 2. The molecule has 1 atom stereocenters. The molecule has 10 heteroatoms. The summed E-state index contributed by atoms with van der Waals surface area (Å²) in [7, 11) is 0. The van der Waals surface area contributed by atoms with Gasteiger partial charge >= 0.3 is 18.1 Å². The van der Waals surface area contributed by atoms with Gasteiger partial charge in [-0.15, -0.1) is 0 Å². The predicted molar refractivity (Wildman–Crippen MR) is 94.9 cm³/mol. The lowest BCUT2D eigenvalue weighted by Crippen LogP contribution is -2.52. The molecule has 0 radical (unpaired) electrons. The van der Waals surface area contributed by atoms with Gasteiger partial charge in [-0.3, -0.25) is 4.98 Å². The Morgan fingerprint density at radius 3 is 2.46 bits per heavy atom. The van der Waals surface area contributed by atoms with Crippen molar-refractivity contribution in [2.24, 2.45) is 0 Å². The van der Waals surface area contributed by atoms with E-state index in [-0.39, 0.29) is 17.1 Å². The van der Waals surface area contributed by atoms with Crippen LogP contribution in [0.25, 0.3) is 0 Å². The van der Waals surface area contributed by atoms with Crippen molar-refractivity contribution in [1.82, 2.24) is 20.7 Å². The molecule has 26 heavy (non-hydrogen) atoms. The zero-order valence-electron chi connectivity index (χ0n) is 15.3. The first-order chi connectivity index (χ1) is 11.9. The van der Waals surface area contributed by atoms with Crippen LogP contribution in [0.15, 0.2) is 12.3 Å². The van der Waals surface area contributed by atoms with Crippen molar-refractivity contribution < 1.29 is 24.2 Å². The number of hydrogen-bond donors (Lipinski definition) is 3. The van der Waals surface area contributed by atoms with E-state index in [0.29, 0.717) is 5.69 Å². The Labute approximate surface area is 156 Å². The second kappa shape index (κ2) is 8.70. The van der Waals surface area contributed by atoms with E-state index in [4.69, 9.17) is 21.4 Å². The van der Waals surface area contributed by atoms with Crippen LogP contribution in [0.1, 0.15) is 56.7 Å². The van der Waals surface area contributed by atoms with Crippen LogP contribution in [0.3, 0.4) is 0 Å². The van der Waals surface area contributed by atoms with Crippen LogP contribution in [-0.2, 0) is 4.74 Å². The van der Waals surface area contributed by atoms with Gasteiger partial charge in [-0.25, -0.2) is 24.8 Å². The van der Waals surface area contributed by atoms with Gasteiger partial charge in [0.2, 0.25) is 0 Å². The smallest absolute Gasteiger partial charge is 0.426 e. The van der Waals surface area contributed by atoms with Crippen LogP contribution in [0.5, 0.6) is 0 Å². The highest BCUT2D eigenvalue weighted by Gasteiger charge is 2.23. The van der Waals surface area contributed by atoms with Crippen molar-refractivity contribution in [3.8, 4) is 0 Å². The maximum atomic E-state index is 12.3. The average Bonchev–Trinajstić information content (AvgIpc) is 2.50. The van der Waals surface area contributed by atoms with Crippen LogP contribution in [-0.4, -0.2) is 45.3 Å². The Kier molecular flexibility index (Phi) is 7.19. The number of aromatic carboxylic acids is 1. The molecule has 0 saturated carbocycles. The van der Waals surface area contributed by atoms with Gasteiger partial charge in [0.25, 0.3) is 0 Å². The van der Waals surface area contributed by atoms with E-state index in [0.717, 1.165) is 11.2 Å². The summed E-state index contributed by atoms with van der Waals surface area (Å²) in [5.74, 6) is -1.15. The summed E-state index contributed by atoms with van der Waals surface area (Å²) in [6.07, 6.45) is 0.395. The molecule has 1 heterocycles. The van der Waals surface area contributed by atoms with E-state index in [2.05, 4.69) is 15.7 Å². The third kappa shape index (κ3) is 6.40. The number of carbonyl (C=O) groups excluding carboxylic acids is 2. The number of nitrogens with one attached hydrogen (secondary N) is 2. The monoisotopic (exact) mass is 386 g/mol. The van der Waals surface area contributed by atoms with Crippen molar-refractivity contribution in [2.45, 2.75) is 46.3 Å². The summed E-state index contributed by atoms with van der Waals surface area (Å²) in [6.45, 7) is 8.62. The lowest BCUT2D eigenvalue weighted by atomic mass is 10.2. The van der Waals surface area contributed by atoms with Gasteiger partial charge in [-0.05, 0) is 40.7 Å². The fraction of sp³-hybridized carbons (Fsp3) is 0.500. The maximum absolute atomic E-state index is 12.3. The first kappa shape index (κ1) is 21.5. The number of carbonyl (C=O) groups is 3. The van der Waals surface area contributed by atoms with Crippen molar-refractivity contribution >= 4 is 29.7 Å². The molecule has 1 unspecified atom stereocenters. The van der Waals surface area contributed by atoms with Gasteiger partial charge in [0.1, 0.15) is 5.60 Å². The largest absolute Gasteiger partial charge is 0.478 e. The zero-order chi connectivity index (χ0) is 20.1. The number of ether oxygens (including phenoxy) is 1. The summed E-state index contributed by atoms with van der Waals surface area (Å²) >= 11 is 6.04. The molecular weight excluding hydrogens is 364 g/mol. The minimum Gasteiger partial charge on any atom is -0.478 e. The molecule has 9 nitrogen and oxygen atoms in total. The fourth-order valence-corrected chi connectivity index (χ4v) is 2.23. The fourth-order valence-electron chi connectivity index (χ4n) is 1.90. The molecule has 0 fully saturated rings. The number of halogens is 1. The molecule has 0 saturated heterocycles. The molecule has 3 N–H and O–H groups in total. The molecule has 0 bridgehead atoms. The average molecular weight is 387 g/mol. The Bertz CT molecular complexity index is 690. The van der Waals surface area contributed by atoms with Gasteiger partial charge in [0.05, 0.1) is 22.3 Å². The van der Waals surface area contributed by atoms with Crippen molar-refractivity contribution in [3.63, 3.8) is 0 Å². The Morgan fingerprint density at radius 1 is 1.38 bits per heavy atom. The molecule has 0 aromatic carbocycles. The summed E-state index contributed by atoms with van der Waals surface area (Å²) in [4.78, 5) is 39.0. The summed E-state index contributed by atoms with van der Waals surface area (Å²) in [5, 5.41) is 12.7. The van der Waals surface area contributed by atoms with E-state index in [9.17, 15) is 14.4 Å². The van der Waals surface area contributed by atoms with E-state index in [1.54, 1.807) is 34.6 Å². The number of pyridine rings is 1. The number of carboxylic acid groups (broad SMARTS) is 1. The van der Waals surface area contributed by atoms with Gasteiger partial charge < -0.3 is 15.2 Å². The van der Waals surface area contributed by atoms with E-state index in [1.165, 1.54) is 6.07 Å². The zero-order valence-corrected chi connectivity index (χ0v) is 16.0. The van der Waals surface area contributed by atoms with Crippen LogP contribution in [0.2, 0.25) is 5.02 Å². The summed E-state index contributed by atoms with van der Waals surface area (Å²) in [6, 6.07) is 0.0455. The SMILES string of the molecule is CCN(NC(=O)OC(C)(C)C)C(=O)NC(C)c1ncc(C(=O)O)cc1Cl. The minimum atomic E-state index is -1.15. The lowest BCUT2D eigenvalue weighted by molar-refractivity contribution is 0.0381. The molecule has 144 valence electrons. The quantitative estimate of drug-likeness (QED) is 0.684. The van der Waals surface area contributed by atoms with Crippen LogP contribution in [0.4, 0.5) is 9.59 Å². The Morgan fingerprint density at radius 2 is 2.00 bits per heavy atom. The standard InChI is InChI=1S/C16H23ClN4O5/c1-6-21(20-15(25)26-16(3,4)5)14(24)19-9(2)12-11(17)7-10(8-18-12)13(22)23/h7-9H,6H2,1-5H3,(H,19,24)(H,20,25)(H,22,23). The maximum Gasteiger partial charge on any atom is 0.426 e. The first-order valence-electron chi connectivity index (χ1n) is 7.91. The van der Waals surface area contributed by atoms with E-state index in [1.807, 2.05) is 0 Å². The third-order valence-corrected chi connectivity index (χ3v) is 3.36. The van der Waals surface area contributed by atoms with Crippen LogP contribution in [0, 0.1) is 0 Å². The highest BCUT2D eigenvalue weighted by Crippen LogP contribution is 2.21. The second-order valence-electron chi connectivity index (χ2n) is 6.43. The lowest BCUT2D eigenvalue weighted by Gasteiger charge is -2.26. The summed E-state index contributed by atoms with van der Waals surface area (Å²) < 4.78 is 5.10. The Hall–Kier alpha value is -2.55. The normalized spacial score (nSPS) is 12.1. The number of urea groups is 1. The molecule has 0 aliphatic carbocycles. The number of amides is 3. The molecule has 0 aliphatic rings. The van der Waals surface area contributed by atoms with Crippen LogP contribution < -0.4 is 10.7 Å². The van der Waals surface area contributed by atoms with Crippen molar-refractivity contribution in [3.05, 3.63) is 28.5 Å². The minimum absolute atomic E-state index is 0.0564. The predicted octanol–water partition coefficient (Wildman–Crippen LogP) is 2.97. The molecule has 1 aromatic rings. The molecule has 1 aromatic heterocycles. The Balaban J connectivity index is 2.78. The first-order valence-corrected chi connectivity index (χ1v) is 8.28. The van der Waals surface area contributed by atoms with Gasteiger partial charge in [0.15, 0.2) is 0 Å². The van der Waals surface area contributed by atoms with Gasteiger partial charge in [0, 0.05) is 12.7 Å². The van der Waals surface area contributed by atoms with Crippen molar-refractivity contribution in [1.29, 1.82) is 0 Å². The highest BCUT2D eigenvalue weighted by molar-refractivity contribution is 6.31. The second-order valence-corrected chi connectivity index (χ2v) is 6.83. The van der Waals surface area contributed by atoms with E-state index >= 15 is 0 Å². The molecule has 3 amide bonds. The van der Waals surface area contributed by atoms with Crippen LogP contribution >= 0.6 is 11.6 Å². The number of rotatable bonds is 4. The van der Waals surface area contributed by atoms with Gasteiger partial charge in [-0.1, -0.05) is 11.6 Å². The number of hydrazine groups is 1. The number of aromatic nitrogens is 1. The van der Waals surface area contributed by atoms with Crippen molar-refractivity contribution in [2.75, 3.05) is 6.54 Å². The molecule has 0 aliphatic heterocycles.